The van der Waals surface area contributed by atoms with Gasteiger partial charge >= 0.3 is 0 Å². The number of nitrogens with zero attached hydrogens (tertiary/aromatic N) is 2. The first-order valence-corrected chi connectivity index (χ1v) is 9.30. The molecule has 3 rings (SSSR count). The third-order valence-corrected chi connectivity index (χ3v) is 5.34. The lowest BCUT2D eigenvalue weighted by molar-refractivity contribution is -0.128. The topological polar surface area (TPSA) is 54.3 Å². The second kappa shape index (κ2) is 7.12. The normalized spacial score (nSPS) is 16.3. The number of rotatable bonds is 3. The predicted octanol–water partition coefficient (Wildman–Crippen LogP) is 3.36. The molecule has 5 nitrogen and oxygen atoms in total. The molecule has 1 N–H and O–H groups in total. The molecule has 1 fully saturated rings. The first kappa shape index (κ1) is 19.0. The fourth-order valence-electron chi connectivity index (χ4n) is 3.33. The summed E-state index contributed by atoms with van der Waals surface area (Å²) in [6.07, 6.45) is 1.65. The minimum atomic E-state index is -0.453. The zero-order valence-corrected chi connectivity index (χ0v) is 17.0. The van der Waals surface area contributed by atoms with Crippen LogP contribution in [0.5, 0.6) is 0 Å². The van der Waals surface area contributed by atoms with Crippen LogP contribution >= 0.6 is 12.2 Å². The fraction of sp³-hybridized carbons (Fsp3) is 0.286. The zero-order chi connectivity index (χ0) is 19.9. The van der Waals surface area contributed by atoms with Gasteiger partial charge in [0.15, 0.2) is 5.11 Å². The number of aromatic nitrogens is 1. The van der Waals surface area contributed by atoms with Crippen LogP contribution in [0.15, 0.2) is 29.8 Å². The summed E-state index contributed by atoms with van der Waals surface area (Å²) in [5, 5.41) is 2.75. The number of nitrogens with one attached hydrogen (secondary N) is 1. The molecular weight excluding hydrogens is 358 g/mol. The maximum Gasteiger partial charge on any atom is 0.265 e. The highest BCUT2D eigenvalue weighted by atomic mass is 32.1. The molecule has 0 spiro atoms. The van der Waals surface area contributed by atoms with Gasteiger partial charge in [-0.15, -0.1) is 0 Å². The van der Waals surface area contributed by atoms with Crippen molar-refractivity contribution in [2.45, 2.75) is 34.6 Å². The van der Waals surface area contributed by atoms with Gasteiger partial charge in [-0.25, -0.2) is 0 Å². The smallest absolute Gasteiger partial charge is 0.265 e. The molecule has 1 aliphatic heterocycles. The summed E-state index contributed by atoms with van der Waals surface area (Å²) in [6.45, 7) is 10.4. The molecule has 0 aliphatic carbocycles. The van der Waals surface area contributed by atoms with Gasteiger partial charge in [0.1, 0.15) is 5.57 Å². The summed E-state index contributed by atoms with van der Waals surface area (Å²) >= 11 is 5.08. The van der Waals surface area contributed by atoms with Crippen LogP contribution in [0, 0.1) is 27.7 Å². The van der Waals surface area contributed by atoms with Crippen LogP contribution in [0.25, 0.3) is 11.8 Å². The third-order valence-electron chi connectivity index (χ3n) is 5.02. The number of benzene rings is 1. The summed E-state index contributed by atoms with van der Waals surface area (Å²) in [6, 6.07) is 8.30. The molecule has 1 aliphatic rings. The molecule has 1 aromatic carbocycles. The standard InChI is InChI=1S/C21H23N3O2S/c1-6-23-20(26)18(19(25)22-21(23)27)11-16-10-14(4)24(15(16)5)17-8-7-12(2)13(3)9-17/h7-11H,6H2,1-5H3,(H,22,25,27)/b18-11+. The second-order valence-corrected chi connectivity index (χ2v) is 7.18. The van der Waals surface area contributed by atoms with Crippen LogP contribution < -0.4 is 5.32 Å². The van der Waals surface area contributed by atoms with Crippen molar-refractivity contribution in [2.24, 2.45) is 0 Å². The van der Waals surface area contributed by atoms with Gasteiger partial charge in [-0.05, 0) is 87.8 Å². The summed E-state index contributed by atoms with van der Waals surface area (Å²) in [4.78, 5) is 26.3. The van der Waals surface area contributed by atoms with Gasteiger partial charge in [-0.1, -0.05) is 6.07 Å². The maximum atomic E-state index is 12.6. The van der Waals surface area contributed by atoms with Crippen molar-refractivity contribution in [3.05, 3.63) is 57.9 Å². The first-order chi connectivity index (χ1) is 12.7. The van der Waals surface area contributed by atoms with Crippen LogP contribution in [0.2, 0.25) is 0 Å². The average molecular weight is 382 g/mol. The number of hydrogen-bond acceptors (Lipinski definition) is 3. The van der Waals surface area contributed by atoms with Crippen molar-refractivity contribution in [1.82, 2.24) is 14.8 Å². The Morgan fingerprint density at radius 1 is 1.07 bits per heavy atom. The number of carbonyl (C=O) groups excluding carboxylic acids is 2. The number of aryl methyl sites for hydroxylation is 3. The monoisotopic (exact) mass is 381 g/mol. The maximum absolute atomic E-state index is 12.6. The number of amides is 2. The zero-order valence-electron chi connectivity index (χ0n) is 16.2. The molecule has 0 radical (unpaired) electrons. The van der Waals surface area contributed by atoms with E-state index >= 15 is 0 Å². The summed E-state index contributed by atoms with van der Waals surface area (Å²) in [5.41, 5.74) is 6.47. The highest BCUT2D eigenvalue weighted by Crippen LogP contribution is 2.25. The van der Waals surface area contributed by atoms with Crippen LogP contribution in [0.1, 0.15) is 35.0 Å². The van der Waals surface area contributed by atoms with E-state index in [0.29, 0.717) is 6.54 Å². The summed E-state index contributed by atoms with van der Waals surface area (Å²) < 4.78 is 2.13. The van der Waals surface area contributed by atoms with E-state index in [0.717, 1.165) is 22.6 Å². The molecule has 0 atom stereocenters. The molecule has 6 heteroatoms. The molecule has 2 aromatic rings. The van der Waals surface area contributed by atoms with Gasteiger partial charge in [0, 0.05) is 23.6 Å². The number of thiocarbonyl (C=S) groups is 1. The molecule has 2 amide bonds. The third kappa shape index (κ3) is 3.32. The average Bonchev–Trinajstić information content (AvgIpc) is 2.88. The molecule has 0 saturated carbocycles. The minimum absolute atomic E-state index is 0.103. The van der Waals surface area contributed by atoms with Crippen molar-refractivity contribution in [3.63, 3.8) is 0 Å². The largest absolute Gasteiger partial charge is 0.318 e. The molecule has 140 valence electrons. The Balaban J connectivity index is 2.07. The lowest BCUT2D eigenvalue weighted by Gasteiger charge is -2.27. The molecule has 1 saturated heterocycles. The van der Waals surface area contributed by atoms with Crippen LogP contribution in [0.4, 0.5) is 0 Å². The minimum Gasteiger partial charge on any atom is -0.318 e. The number of hydrogen-bond donors (Lipinski definition) is 1. The molecule has 0 bridgehead atoms. The van der Waals surface area contributed by atoms with E-state index in [4.69, 9.17) is 12.2 Å². The van der Waals surface area contributed by atoms with Crippen molar-refractivity contribution < 1.29 is 9.59 Å². The second-order valence-electron chi connectivity index (χ2n) is 6.80. The predicted molar refractivity (Wildman–Crippen MR) is 111 cm³/mol. The Bertz CT molecular complexity index is 1000. The Morgan fingerprint density at radius 2 is 1.78 bits per heavy atom. The Hall–Kier alpha value is -2.73. The molecule has 1 aromatic heterocycles. The SMILES string of the molecule is CCN1C(=O)/C(=C/c2cc(C)n(-c3ccc(C)c(C)c3)c2C)C(=O)NC1=S. The molecule has 27 heavy (non-hydrogen) atoms. The van der Waals surface area contributed by atoms with Gasteiger partial charge in [-0.2, -0.15) is 0 Å². The van der Waals surface area contributed by atoms with Gasteiger partial charge in [0.05, 0.1) is 0 Å². The summed E-state index contributed by atoms with van der Waals surface area (Å²) in [5.74, 6) is -0.812. The molecule has 0 unspecified atom stereocenters. The number of carbonyl (C=O) groups is 2. The lowest BCUT2D eigenvalue weighted by atomic mass is 10.1. The van der Waals surface area contributed by atoms with E-state index in [9.17, 15) is 9.59 Å². The van der Waals surface area contributed by atoms with Gasteiger partial charge in [0.25, 0.3) is 11.8 Å². The van der Waals surface area contributed by atoms with Crippen LogP contribution in [-0.4, -0.2) is 32.9 Å². The fourth-order valence-corrected chi connectivity index (χ4v) is 3.64. The lowest BCUT2D eigenvalue weighted by Crippen LogP contribution is -2.53. The molecular formula is C21H23N3O2S. The van der Waals surface area contributed by atoms with Crippen LogP contribution in [-0.2, 0) is 9.59 Å². The molecule has 2 heterocycles. The van der Waals surface area contributed by atoms with E-state index in [1.165, 1.54) is 16.0 Å². The van der Waals surface area contributed by atoms with E-state index in [1.54, 1.807) is 6.08 Å². The van der Waals surface area contributed by atoms with Gasteiger partial charge in [0.2, 0.25) is 0 Å². The van der Waals surface area contributed by atoms with E-state index < -0.39 is 5.91 Å². The Morgan fingerprint density at radius 3 is 2.41 bits per heavy atom. The first-order valence-electron chi connectivity index (χ1n) is 8.90. The summed E-state index contributed by atoms with van der Waals surface area (Å²) in [7, 11) is 0. The van der Waals surface area contributed by atoms with E-state index in [2.05, 4.69) is 41.9 Å². The van der Waals surface area contributed by atoms with Gasteiger partial charge < -0.3 is 4.57 Å². The van der Waals surface area contributed by atoms with Crippen molar-refractivity contribution in [1.29, 1.82) is 0 Å². The van der Waals surface area contributed by atoms with E-state index in [1.807, 2.05) is 26.8 Å². The van der Waals surface area contributed by atoms with Crippen molar-refractivity contribution >= 4 is 35.2 Å². The highest BCUT2D eigenvalue weighted by molar-refractivity contribution is 7.80. The van der Waals surface area contributed by atoms with Crippen molar-refractivity contribution in [3.8, 4) is 5.69 Å². The van der Waals surface area contributed by atoms with E-state index in [-0.39, 0.29) is 16.6 Å². The van der Waals surface area contributed by atoms with Crippen molar-refractivity contribution in [2.75, 3.05) is 6.54 Å². The quantitative estimate of drug-likeness (QED) is 0.504. The Labute approximate surface area is 164 Å². The van der Waals surface area contributed by atoms with Crippen LogP contribution in [0.3, 0.4) is 0 Å². The Kier molecular flexibility index (Phi) is 5.02. The highest BCUT2D eigenvalue weighted by Gasteiger charge is 2.32. The van der Waals surface area contributed by atoms with Gasteiger partial charge in [-0.3, -0.25) is 19.8 Å². The number of likely N-dealkylation sites (N-methyl/N-ethyl adjacent to an activating group) is 1.